The molecule has 0 radical (unpaired) electrons. The first-order chi connectivity index (χ1) is 15.8. The van der Waals surface area contributed by atoms with Crippen LogP contribution in [0, 0.1) is 0 Å². The van der Waals surface area contributed by atoms with Crippen molar-refractivity contribution in [2.45, 2.75) is 52.1 Å². The molecule has 0 amide bonds. The number of ether oxygens (including phenoxy) is 2. The predicted octanol–water partition coefficient (Wildman–Crippen LogP) is 6.17. The van der Waals surface area contributed by atoms with Crippen LogP contribution in [0.1, 0.15) is 51.0 Å². The van der Waals surface area contributed by atoms with Crippen molar-refractivity contribution < 1.29 is 18.8 Å². The summed E-state index contributed by atoms with van der Waals surface area (Å²) in [6.45, 7) is 3.52. The number of para-hydroxylation sites is 2. The summed E-state index contributed by atoms with van der Waals surface area (Å²) in [7, 11) is -0.397. The number of hydrogen-bond donors (Lipinski definition) is 0. The van der Waals surface area contributed by atoms with E-state index in [4.69, 9.17) is 18.8 Å². The van der Waals surface area contributed by atoms with E-state index in [1.54, 1.807) is 0 Å². The molecular weight excluding hydrogens is 399 g/mol. The van der Waals surface area contributed by atoms with Gasteiger partial charge in [0.25, 0.3) is 0 Å². The Bertz CT molecular complexity index is 931. The van der Waals surface area contributed by atoms with Crippen LogP contribution in [0.15, 0.2) is 72.8 Å². The highest BCUT2D eigenvalue weighted by molar-refractivity contribution is 6.63. The van der Waals surface area contributed by atoms with Crippen LogP contribution in [0.4, 0.5) is 0 Å². The highest BCUT2D eigenvalue weighted by atomic mass is 16.6. The average Bonchev–Trinajstić information content (AvgIpc) is 3.28. The topological polar surface area (TPSA) is 36.9 Å². The van der Waals surface area contributed by atoms with E-state index in [9.17, 15) is 0 Å². The SMILES string of the molecule is CCCCCCCCOc1ccc(OCc2ccc(B3Oc4ccccc4O3)cc2)cc1. The second-order valence-electron chi connectivity index (χ2n) is 8.13. The first-order valence-electron chi connectivity index (χ1n) is 11.7. The fourth-order valence-electron chi connectivity index (χ4n) is 3.68. The zero-order valence-corrected chi connectivity index (χ0v) is 18.8. The summed E-state index contributed by atoms with van der Waals surface area (Å²) >= 11 is 0. The Labute approximate surface area is 191 Å². The molecule has 4 rings (SSSR count). The van der Waals surface area contributed by atoms with E-state index in [0.717, 1.165) is 47.1 Å². The van der Waals surface area contributed by atoms with Crippen molar-refractivity contribution in [1.82, 2.24) is 0 Å². The summed E-state index contributed by atoms with van der Waals surface area (Å²) in [6.07, 6.45) is 7.62. The summed E-state index contributed by atoms with van der Waals surface area (Å²) in [4.78, 5) is 0. The van der Waals surface area contributed by atoms with Gasteiger partial charge in [-0.2, -0.15) is 0 Å². The Kier molecular flexibility index (Phi) is 7.97. The van der Waals surface area contributed by atoms with Gasteiger partial charge in [-0.3, -0.25) is 0 Å². The number of hydrogen-bond acceptors (Lipinski definition) is 4. The number of rotatable bonds is 12. The maximum Gasteiger partial charge on any atom is 0.632 e. The maximum atomic E-state index is 5.93. The Hall–Kier alpha value is -3.08. The van der Waals surface area contributed by atoms with Crippen LogP contribution in [-0.4, -0.2) is 13.7 Å². The Morgan fingerprint density at radius 3 is 1.91 bits per heavy atom. The lowest BCUT2D eigenvalue weighted by atomic mass is 9.79. The lowest BCUT2D eigenvalue weighted by Gasteiger charge is -2.10. The molecule has 0 aromatic heterocycles. The Morgan fingerprint density at radius 2 is 1.25 bits per heavy atom. The zero-order chi connectivity index (χ0) is 22.0. The van der Waals surface area contributed by atoms with Crippen molar-refractivity contribution in [2.24, 2.45) is 0 Å². The molecule has 4 nitrogen and oxygen atoms in total. The summed E-state index contributed by atoms with van der Waals surface area (Å²) in [5.74, 6) is 3.29. The molecule has 1 heterocycles. The molecule has 166 valence electrons. The van der Waals surface area contributed by atoms with Crippen LogP contribution >= 0.6 is 0 Å². The van der Waals surface area contributed by atoms with E-state index in [0.29, 0.717) is 6.61 Å². The smallest absolute Gasteiger partial charge is 0.519 e. The molecule has 0 aliphatic carbocycles. The van der Waals surface area contributed by atoms with Crippen molar-refractivity contribution in [1.29, 1.82) is 0 Å². The number of fused-ring (bicyclic) bond motifs is 1. The second kappa shape index (κ2) is 11.5. The predicted molar refractivity (Wildman–Crippen MR) is 129 cm³/mol. The molecule has 0 fully saturated rings. The van der Waals surface area contributed by atoms with Gasteiger partial charge in [0.05, 0.1) is 6.61 Å². The molecule has 0 spiro atoms. The molecule has 0 unspecified atom stereocenters. The fourth-order valence-corrected chi connectivity index (χ4v) is 3.68. The first-order valence-corrected chi connectivity index (χ1v) is 11.7. The second-order valence-corrected chi connectivity index (χ2v) is 8.13. The number of benzene rings is 3. The molecule has 3 aromatic carbocycles. The molecule has 1 aliphatic heterocycles. The molecule has 0 saturated heterocycles. The van der Waals surface area contributed by atoms with E-state index < -0.39 is 7.12 Å². The van der Waals surface area contributed by atoms with Gasteiger partial charge in [-0.05, 0) is 48.4 Å². The van der Waals surface area contributed by atoms with E-state index in [1.807, 2.05) is 72.8 Å². The molecule has 3 aromatic rings. The minimum atomic E-state index is -0.397. The van der Waals surface area contributed by atoms with E-state index in [2.05, 4.69) is 6.92 Å². The van der Waals surface area contributed by atoms with Crippen LogP contribution < -0.4 is 24.2 Å². The quantitative estimate of drug-likeness (QED) is 0.254. The van der Waals surface area contributed by atoms with Gasteiger partial charge in [-0.15, -0.1) is 0 Å². The van der Waals surface area contributed by atoms with E-state index in [1.165, 1.54) is 32.1 Å². The van der Waals surface area contributed by atoms with Crippen LogP contribution in [0.3, 0.4) is 0 Å². The van der Waals surface area contributed by atoms with Crippen molar-refractivity contribution in [3.8, 4) is 23.0 Å². The molecular formula is C27H31BO4. The highest BCUT2D eigenvalue weighted by Crippen LogP contribution is 2.32. The Morgan fingerprint density at radius 1 is 0.656 bits per heavy atom. The van der Waals surface area contributed by atoms with Gasteiger partial charge in [0, 0.05) is 5.46 Å². The lowest BCUT2D eigenvalue weighted by molar-refractivity contribution is 0.297. The van der Waals surface area contributed by atoms with Crippen LogP contribution in [0.25, 0.3) is 0 Å². The van der Waals surface area contributed by atoms with Gasteiger partial charge >= 0.3 is 7.12 Å². The van der Waals surface area contributed by atoms with Crippen LogP contribution in [0.5, 0.6) is 23.0 Å². The summed E-state index contributed by atoms with van der Waals surface area (Å²) < 4.78 is 23.5. The van der Waals surface area contributed by atoms with Crippen LogP contribution in [0.2, 0.25) is 0 Å². The first kappa shape index (κ1) is 22.1. The third kappa shape index (κ3) is 6.22. The molecule has 1 aliphatic rings. The maximum absolute atomic E-state index is 5.93. The third-order valence-electron chi connectivity index (χ3n) is 5.56. The van der Waals surface area contributed by atoms with E-state index >= 15 is 0 Å². The minimum absolute atomic E-state index is 0.397. The molecule has 0 atom stereocenters. The van der Waals surface area contributed by atoms with Gasteiger partial charge in [0.1, 0.15) is 29.6 Å². The van der Waals surface area contributed by atoms with Crippen molar-refractivity contribution >= 4 is 12.6 Å². The normalized spacial score (nSPS) is 12.1. The molecule has 5 heteroatoms. The van der Waals surface area contributed by atoms with Crippen molar-refractivity contribution in [3.05, 3.63) is 78.4 Å². The van der Waals surface area contributed by atoms with Crippen molar-refractivity contribution in [2.75, 3.05) is 6.61 Å². The monoisotopic (exact) mass is 430 g/mol. The summed E-state index contributed by atoms with van der Waals surface area (Å²) in [5.41, 5.74) is 2.07. The molecule has 0 bridgehead atoms. The van der Waals surface area contributed by atoms with Gasteiger partial charge in [-0.1, -0.05) is 75.4 Å². The standard InChI is InChI=1S/C27H31BO4/c1-2-3-4-5-6-9-20-29-24-16-18-25(19-17-24)30-21-22-12-14-23(15-13-22)28-31-26-10-7-8-11-27(26)32-28/h7-8,10-19H,2-6,9,20-21H2,1H3. The molecule has 0 saturated carbocycles. The minimum Gasteiger partial charge on any atom is -0.519 e. The van der Waals surface area contributed by atoms with Gasteiger partial charge < -0.3 is 18.8 Å². The van der Waals surface area contributed by atoms with E-state index in [-0.39, 0.29) is 0 Å². The highest BCUT2D eigenvalue weighted by Gasteiger charge is 2.33. The van der Waals surface area contributed by atoms with Gasteiger partial charge in [-0.25, -0.2) is 0 Å². The Balaban J connectivity index is 1.18. The number of unbranched alkanes of at least 4 members (excludes halogenated alkanes) is 5. The third-order valence-corrected chi connectivity index (χ3v) is 5.56. The van der Waals surface area contributed by atoms with Gasteiger partial charge in [0.2, 0.25) is 0 Å². The zero-order valence-electron chi connectivity index (χ0n) is 18.8. The average molecular weight is 430 g/mol. The van der Waals surface area contributed by atoms with Crippen LogP contribution in [-0.2, 0) is 6.61 Å². The largest absolute Gasteiger partial charge is 0.632 e. The van der Waals surface area contributed by atoms with Crippen molar-refractivity contribution in [3.63, 3.8) is 0 Å². The molecule has 32 heavy (non-hydrogen) atoms. The lowest BCUT2D eigenvalue weighted by Crippen LogP contribution is -2.38. The summed E-state index contributed by atoms with van der Waals surface area (Å²) in [6, 6.07) is 23.7. The summed E-state index contributed by atoms with van der Waals surface area (Å²) in [5, 5.41) is 0. The fraction of sp³-hybridized carbons (Fsp3) is 0.333. The van der Waals surface area contributed by atoms with Gasteiger partial charge in [0.15, 0.2) is 0 Å². The molecule has 0 N–H and O–H groups in total.